The molecule has 16 heteroatoms. The molecule has 0 radical (unpaired) electrons. The lowest BCUT2D eigenvalue weighted by atomic mass is 9.86. The van der Waals surface area contributed by atoms with Crippen molar-refractivity contribution in [1.82, 2.24) is 25.8 Å². The smallest absolute Gasteiger partial charge is 0.416 e. The number of imide groups is 1. The minimum atomic E-state index is -4.49. The molecule has 4 amide bonds. The lowest BCUT2D eigenvalue weighted by molar-refractivity contribution is -0.144. The highest BCUT2D eigenvalue weighted by Crippen LogP contribution is 2.36. The number of methoxy groups -OCH3 is 2. The van der Waals surface area contributed by atoms with Gasteiger partial charge in [-0.1, -0.05) is 6.07 Å². The maximum Gasteiger partial charge on any atom is 0.416 e. The van der Waals surface area contributed by atoms with Gasteiger partial charge in [-0.15, -0.1) is 0 Å². The largest absolute Gasteiger partial charge is 0.468 e. The number of carbonyl (C=O) groups is 3. The number of halogens is 5. The number of benzene rings is 1. The fraction of sp³-hybridized carbons (Fsp3) is 0.464. The Kier molecular flexibility index (Phi) is 10.6. The van der Waals surface area contributed by atoms with Gasteiger partial charge in [0.1, 0.15) is 5.92 Å². The summed E-state index contributed by atoms with van der Waals surface area (Å²) in [7, 11) is 2.40. The standard InChI is InChI=1S/C28H31F5N6O5/c1-43-14-22-23(25(40)44-2)24(15-3-4-18(29)19(30)11-15)39(27(42)38-22)26(41)37-10-9-34-17-6-8-36-21(13-17)20-12-16(5-7-35-20)28(31,32)33/h3-5,7,11-12,17,21,23-24,34,36H,6,8-10,13-14H2,1-2H3,(H,37,41)/t17?,21?,23?,24-/m0/s1. The predicted octanol–water partition coefficient (Wildman–Crippen LogP) is 3.52. The normalized spacial score (nSPS) is 22.4. The molecule has 0 bridgehead atoms. The molecule has 11 nitrogen and oxygen atoms in total. The molecule has 0 spiro atoms. The zero-order valence-corrected chi connectivity index (χ0v) is 23.8. The van der Waals surface area contributed by atoms with Crippen LogP contribution >= 0.6 is 0 Å². The van der Waals surface area contributed by atoms with Crippen LogP contribution < -0.4 is 16.0 Å². The number of aliphatic imine (C=N–C) groups is 1. The molecule has 238 valence electrons. The molecule has 1 aromatic carbocycles. The van der Waals surface area contributed by atoms with Crippen molar-refractivity contribution in [3.05, 3.63) is 65.0 Å². The van der Waals surface area contributed by atoms with E-state index in [2.05, 4.69) is 25.9 Å². The summed E-state index contributed by atoms with van der Waals surface area (Å²) in [6.45, 7) is 0.469. The quantitative estimate of drug-likeness (QED) is 0.219. The zero-order chi connectivity index (χ0) is 32.0. The summed E-state index contributed by atoms with van der Waals surface area (Å²) >= 11 is 0. The van der Waals surface area contributed by atoms with Crippen LogP contribution in [0.4, 0.5) is 31.5 Å². The summed E-state index contributed by atoms with van der Waals surface area (Å²) in [6, 6.07) is 0.709. The number of urea groups is 2. The molecule has 4 rings (SSSR count). The fourth-order valence-corrected chi connectivity index (χ4v) is 5.28. The van der Waals surface area contributed by atoms with Crippen molar-refractivity contribution in [3.8, 4) is 0 Å². The van der Waals surface area contributed by atoms with Crippen molar-refractivity contribution < 1.29 is 45.8 Å². The molecule has 3 heterocycles. The van der Waals surface area contributed by atoms with Crippen molar-refractivity contribution in [2.45, 2.75) is 37.1 Å². The van der Waals surface area contributed by atoms with Crippen LogP contribution in [0.5, 0.6) is 0 Å². The number of esters is 1. The van der Waals surface area contributed by atoms with E-state index in [-0.39, 0.29) is 42.7 Å². The Morgan fingerprint density at radius 1 is 1.11 bits per heavy atom. The first-order valence-corrected chi connectivity index (χ1v) is 13.6. The molecule has 2 aliphatic rings. The number of hydrogen-bond acceptors (Lipinski definition) is 8. The molecule has 0 aliphatic carbocycles. The van der Waals surface area contributed by atoms with Gasteiger partial charge in [-0.05, 0) is 49.2 Å². The molecule has 1 aromatic heterocycles. The summed E-state index contributed by atoms with van der Waals surface area (Å²) in [5, 5.41) is 8.97. The number of ether oxygens (including phenoxy) is 2. The molecular formula is C28H31F5N6O5. The molecule has 44 heavy (non-hydrogen) atoms. The number of aromatic nitrogens is 1. The van der Waals surface area contributed by atoms with E-state index in [0.29, 0.717) is 24.3 Å². The van der Waals surface area contributed by atoms with Crippen molar-refractivity contribution in [2.24, 2.45) is 10.9 Å². The minimum absolute atomic E-state index is 0.00104. The Bertz CT molecular complexity index is 1410. The van der Waals surface area contributed by atoms with Crippen molar-refractivity contribution in [2.75, 3.05) is 40.5 Å². The van der Waals surface area contributed by atoms with E-state index in [0.717, 1.165) is 43.6 Å². The second kappa shape index (κ2) is 14.2. The lowest BCUT2D eigenvalue weighted by Crippen LogP contribution is -2.54. The van der Waals surface area contributed by atoms with E-state index < -0.39 is 59.4 Å². The van der Waals surface area contributed by atoms with Gasteiger partial charge >= 0.3 is 24.2 Å². The van der Waals surface area contributed by atoms with Gasteiger partial charge in [0.05, 0.1) is 42.8 Å². The summed E-state index contributed by atoms with van der Waals surface area (Å²) in [5.74, 6) is -4.65. The van der Waals surface area contributed by atoms with E-state index in [1.54, 1.807) is 0 Å². The Morgan fingerprint density at radius 3 is 2.57 bits per heavy atom. The molecule has 2 aromatic rings. The summed E-state index contributed by atoms with van der Waals surface area (Å²) in [5.41, 5.74) is -0.627. The van der Waals surface area contributed by atoms with Crippen LogP contribution in [-0.4, -0.2) is 80.1 Å². The topological polar surface area (TPSA) is 134 Å². The van der Waals surface area contributed by atoms with Gasteiger partial charge < -0.3 is 25.4 Å². The summed E-state index contributed by atoms with van der Waals surface area (Å²) < 4.78 is 77.3. The van der Waals surface area contributed by atoms with Crippen LogP contribution in [-0.2, 0) is 20.4 Å². The Morgan fingerprint density at radius 2 is 1.89 bits per heavy atom. The van der Waals surface area contributed by atoms with Gasteiger partial charge in [0.2, 0.25) is 0 Å². The van der Waals surface area contributed by atoms with Crippen LogP contribution in [0.1, 0.15) is 41.7 Å². The number of amides is 4. The number of nitrogens with one attached hydrogen (secondary N) is 3. The van der Waals surface area contributed by atoms with Gasteiger partial charge in [0.25, 0.3) is 0 Å². The van der Waals surface area contributed by atoms with Crippen LogP contribution in [0.25, 0.3) is 0 Å². The predicted molar refractivity (Wildman–Crippen MR) is 146 cm³/mol. The average Bonchev–Trinajstić information content (AvgIpc) is 3.00. The van der Waals surface area contributed by atoms with E-state index in [1.807, 2.05) is 0 Å². The van der Waals surface area contributed by atoms with E-state index in [1.165, 1.54) is 7.11 Å². The molecule has 3 N–H and O–H groups in total. The SMILES string of the molecule is COCC1=NC(=O)N(C(=O)NCCNC2CCNC(c3cc(C(F)(F)F)ccn3)C2)[C@@H](c2ccc(F)c(F)c2)C1C(=O)OC. The highest BCUT2D eigenvalue weighted by atomic mass is 19.4. The number of rotatable bonds is 9. The summed E-state index contributed by atoms with van der Waals surface area (Å²) in [4.78, 5) is 47.8. The first-order valence-electron chi connectivity index (χ1n) is 13.6. The number of piperidine rings is 1. The van der Waals surface area contributed by atoms with E-state index >= 15 is 0 Å². The number of hydrogen-bond donors (Lipinski definition) is 3. The van der Waals surface area contributed by atoms with Crippen LogP contribution in [0, 0.1) is 17.6 Å². The van der Waals surface area contributed by atoms with Crippen LogP contribution in [0.15, 0.2) is 41.5 Å². The second-order valence-corrected chi connectivity index (χ2v) is 10.2. The fourth-order valence-electron chi connectivity index (χ4n) is 5.28. The van der Waals surface area contributed by atoms with Crippen LogP contribution in [0.3, 0.4) is 0 Å². The van der Waals surface area contributed by atoms with Gasteiger partial charge in [-0.2, -0.15) is 18.2 Å². The van der Waals surface area contributed by atoms with Crippen LogP contribution in [0.2, 0.25) is 0 Å². The Hall–Kier alpha value is -4.02. The number of pyridine rings is 1. The first kappa shape index (κ1) is 32.9. The molecule has 4 atom stereocenters. The van der Waals surface area contributed by atoms with E-state index in [9.17, 15) is 36.3 Å². The van der Waals surface area contributed by atoms with Crippen molar-refractivity contribution >= 4 is 23.7 Å². The first-order chi connectivity index (χ1) is 20.9. The monoisotopic (exact) mass is 626 g/mol. The Labute approximate surface area is 249 Å². The van der Waals surface area contributed by atoms with Gasteiger partial charge in [-0.25, -0.2) is 23.3 Å². The summed E-state index contributed by atoms with van der Waals surface area (Å²) in [6.07, 6.45) is -2.28. The van der Waals surface area contributed by atoms with Crippen molar-refractivity contribution in [1.29, 1.82) is 0 Å². The third-order valence-corrected chi connectivity index (χ3v) is 7.35. The third kappa shape index (κ3) is 7.54. The maximum absolute atomic E-state index is 14.2. The van der Waals surface area contributed by atoms with E-state index in [4.69, 9.17) is 9.47 Å². The zero-order valence-electron chi connectivity index (χ0n) is 23.8. The lowest BCUT2D eigenvalue weighted by Gasteiger charge is -2.37. The molecule has 1 fully saturated rings. The molecule has 1 saturated heterocycles. The van der Waals surface area contributed by atoms with Gasteiger partial charge in [0.15, 0.2) is 11.6 Å². The highest BCUT2D eigenvalue weighted by molar-refractivity contribution is 6.12. The number of carbonyl (C=O) groups excluding carboxylic acids is 3. The average molecular weight is 627 g/mol. The molecule has 2 aliphatic heterocycles. The van der Waals surface area contributed by atoms with Gasteiger partial charge in [-0.3, -0.25) is 9.78 Å². The van der Waals surface area contributed by atoms with Crippen molar-refractivity contribution in [3.63, 3.8) is 0 Å². The molecular weight excluding hydrogens is 595 g/mol. The minimum Gasteiger partial charge on any atom is -0.468 e. The number of alkyl halides is 3. The highest BCUT2D eigenvalue weighted by Gasteiger charge is 2.47. The maximum atomic E-state index is 14.2. The third-order valence-electron chi connectivity index (χ3n) is 7.35. The molecule has 0 saturated carbocycles. The second-order valence-electron chi connectivity index (χ2n) is 10.2. The Balaban J connectivity index is 1.44. The molecule has 3 unspecified atom stereocenters. The van der Waals surface area contributed by atoms with Gasteiger partial charge in [0, 0.05) is 32.4 Å². The number of nitrogens with zero attached hydrogens (tertiary/aromatic N) is 3.